The van der Waals surface area contributed by atoms with Gasteiger partial charge in [-0.1, -0.05) is 58.0 Å². The summed E-state index contributed by atoms with van der Waals surface area (Å²) in [6, 6.07) is -5.93. The van der Waals surface area contributed by atoms with Crippen LogP contribution in [0.4, 0.5) is 0 Å². The van der Waals surface area contributed by atoms with Gasteiger partial charge in [-0.3, -0.25) is 72.1 Å². The van der Waals surface area contributed by atoms with Crippen molar-refractivity contribution < 1.29 is 117 Å². The van der Waals surface area contributed by atoms with E-state index in [1.807, 2.05) is 0 Å². The van der Waals surface area contributed by atoms with Crippen LogP contribution < -0.4 is 57.7 Å². The lowest BCUT2D eigenvalue weighted by molar-refractivity contribution is -0.145. The van der Waals surface area contributed by atoms with Gasteiger partial charge in [-0.15, -0.1) is 0 Å². The van der Waals surface area contributed by atoms with Crippen LogP contribution in [0.3, 0.4) is 0 Å². The Morgan fingerprint density at radius 1 is 0.557 bits per heavy atom. The number of aliphatic carboxylic acids is 4. The lowest BCUT2D eigenvalue weighted by Crippen LogP contribution is -2.62. The number of carbonyl (C=O) groups excluding carboxylic acids is 10. The van der Waals surface area contributed by atoms with Gasteiger partial charge in [0.25, 0.3) is 0 Å². The van der Waals surface area contributed by atoms with Crippen molar-refractivity contribution in [2.45, 2.75) is 165 Å². The van der Waals surface area contributed by atoms with E-state index in [0.29, 0.717) is 35.9 Å². The topological polar surface area (TPSA) is 566 Å². The first-order valence-corrected chi connectivity index (χ1v) is 32.5. The van der Waals surface area contributed by atoms with Gasteiger partial charge in [0.1, 0.15) is 66.2 Å². The van der Waals surface area contributed by atoms with Gasteiger partial charge in [0.05, 0.1) is 25.7 Å². The van der Waals surface area contributed by atoms with E-state index in [1.54, 1.807) is 24.3 Å². The minimum Gasteiger partial charge on any atom is -0.481 e. The summed E-state index contributed by atoms with van der Waals surface area (Å²) < 4.78 is 16.2. The molecule has 11 atom stereocenters. The van der Waals surface area contributed by atoms with Gasteiger partial charge in [0.15, 0.2) is 0 Å². The minimum atomic E-state index is -5.04. The van der Waals surface area contributed by atoms with E-state index in [2.05, 4.69) is 62.7 Å². The van der Waals surface area contributed by atoms with Crippen LogP contribution in [0.15, 0.2) is 54.7 Å². The standard InChI is InChI=1S/C60H83N12O24P/c1-29(2)48(70-56(87)43(28-74)69-55(86)42(27-73)68-50(81)36-11-7-21-61-36)58(89)67-39(23-31-13-15-33(16-14-31)96-97(93,94)95)54(85)71-49(30(3)4)59(90)72-22-8-12-44(72)57(88)66-41(25-47(79)80)53(84)63-37(17-19-45(75)76)51(82)65-40(24-32-26-62-35-10-6-5-9-34(32)35)52(83)64-38(60(91)92)18-20-46(77)78/h5-6,9-10,13-16,26,29-30,36-44,48-49,61-62,73-74H,7-8,11-12,17-25,27-28H2,1-4H3,(H,63,84)(H,64,83)(H,65,82)(H,66,88)(H,67,89)(H,68,81)(H,69,86)(H,70,87)(H,71,85)(H,75,76)(H,77,78)(H,79,80)(H,91,92)(H2,93,94,95)/t36-,37-,38-,39-,40-,41-,42-,43-,44-,48-,49-/m0/s1. The van der Waals surface area contributed by atoms with Crippen LogP contribution in [-0.4, -0.2) is 226 Å². The Balaban J connectivity index is 1.36. The van der Waals surface area contributed by atoms with Crippen molar-refractivity contribution in [2.75, 3.05) is 26.3 Å². The van der Waals surface area contributed by atoms with E-state index in [9.17, 15) is 112 Å². The molecule has 1 aromatic heterocycles. The molecule has 2 saturated heterocycles. The predicted molar refractivity (Wildman–Crippen MR) is 335 cm³/mol. The first-order chi connectivity index (χ1) is 45.7. The smallest absolute Gasteiger partial charge is 0.481 e. The number of fused-ring (bicyclic) bond motifs is 1. The summed E-state index contributed by atoms with van der Waals surface area (Å²) >= 11 is 0. The maximum atomic E-state index is 14.7. The summed E-state index contributed by atoms with van der Waals surface area (Å²) in [7, 11) is -5.04. The highest BCUT2D eigenvalue weighted by Gasteiger charge is 2.42. The van der Waals surface area contributed by atoms with Gasteiger partial charge in [0.2, 0.25) is 59.1 Å². The largest absolute Gasteiger partial charge is 0.524 e. The molecular weight excluding hydrogens is 1300 g/mol. The molecular formula is C60H83N12O24P. The third-order valence-corrected chi connectivity index (χ3v) is 16.3. The maximum Gasteiger partial charge on any atom is 0.524 e. The molecule has 97 heavy (non-hydrogen) atoms. The van der Waals surface area contributed by atoms with E-state index in [4.69, 9.17) is 0 Å². The van der Waals surface area contributed by atoms with Gasteiger partial charge < -0.3 is 98.2 Å². The van der Waals surface area contributed by atoms with Gasteiger partial charge in [-0.25, -0.2) is 9.36 Å². The number of phosphoric acid groups is 1. The number of amides is 10. The summed E-state index contributed by atoms with van der Waals surface area (Å²) in [5.41, 5.74) is 1.24. The normalized spacial score (nSPS) is 17.3. The molecule has 2 aromatic carbocycles. The first-order valence-electron chi connectivity index (χ1n) is 31.0. The molecule has 532 valence electrons. The van der Waals surface area contributed by atoms with Crippen LogP contribution in [0.2, 0.25) is 0 Å². The van der Waals surface area contributed by atoms with Crippen LogP contribution in [-0.2, 0) is 84.5 Å². The Kier molecular flexibility index (Phi) is 29.4. The molecule has 37 heteroatoms. The number of aromatic amines is 1. The highest BCUT2D eigenvalue weighted by atomic mass is 31.2. The van der Waals surface area contributed by atoms with Crippen molar-refractivity contribution >= 4 is 102 Å². The summed E-state index contributed by atoms with van der Waals surface area (Å²) in [5, 5.41) is 83.7. The van der Waals surface area contributed by atoms with Crippen molar-refractivity contribution in [3.05, 3.63) is 65.9 Å². The number of benzene rings is 2. The molecule has 19 N–H and O–H groups in total. The fourth-order valence-electron chi connectivity index (χ4n) is 10.7. The number of nitrogens with one attached hydrogen (secondary N) is 11. The number of carbonyl (C=O) groups is 14. The van der Waals surface area contributed by atoms with E-state index in [1.165, 1.54) is 46.0 Å². The number of hydrogen-bond donors (Lipinski definition) is 19. The number of phosphoric ester groups is 1. The Morgan fingerprint density at radius 2 is 1.06 bits per heavy atom. The molecule has 2 aliphatic heterocycles. The number of aromatic nitrogens is 1. The molecule has 3 aromatic rings. The molecule has 5 rings (SSSR count). The van der Waals surface area contributed by atoms with Crippen LogP contribution in [0.1, 0.15) is 96.6 Å². The number of hydrogen-bond acceptors (Lipinski definition) is 19. The molecule has 2 aliphatic rings. The molecule has 0 aliphatic carbocycles. The Bertz CT molecular complexity index is 3410. The SMILES string of the molecule is CC(C)[C@H](NC(=O)[C@H](CO)NC(=O)[C@H](CO)NC(=O)[C@@H]1CCCN1)C(=O)N[C@@H](Cc1ccc(OP(=O)(O)O)cc1)C(=O)N[C@H](C(=O)N1CCC[C@H]1C(=O)N[C@@H](CC(=O)O)C(=O)N[C@@H](CCC(=O)O)C(=O)N[C@@H](Cc1c[nH]c2ccccc12)C(=O)N[C@@H](CCC(=O)O)C(=O)O)C(C)C. The number of nitrogens with zero attached hydrogens (tertiary/aromatic N) is 1. The highest BCUT2D eigenvalue weighted by Crippen LogP contribution is 2.37. The second-order valence-electron chi connectivity index (χ2n) is 23.9. The number of likely N-dealkylation sites (tertiary alicyclic amines) is 1. The van der Waals surface area contributed by atoms with E-state index in [0.717, 1.165) is 17.0 Å². The zero-order valence-corrected chi connectivity index (χ0v) is 54.2. The zero-order chi connectivity index (χ0) is 72.0. The van der Waals surface area contributed by atoms with Gasteiger partial charge in [-0.05, 0) is 86.2 Å². The third-order valence-electron chi connectivity index (χ3n) is 15.8. The molecule has 3 heterocycles. The molecule has 36 nitrogen and oxygen atoms in total. The van der Waals surface area contributed by atoms with Crippen molar-refractivity contribution in [1.82, 2.24) is 63.1 Å². The molecule has 10 amide bonds. The number of H-pyrrole nitrogens is 1. The fourth-order valence-corrected chi connectivity index (χ4v) is 11.1. The number of aliphatic hydroxyl groups excluding tert-OH is 2. The van der Waals surface area contributed by atoms with Gasteiger partial charge >= 0.3 is 31.7 Å². The third kappa shape index (κ3) is 23.9. The van der Waals surface area contributed by atoms with Crippen LogP contribution in [0.25, 0.3) is 10.9 Å². The summed E-state index contributed by atoms with van der Waals surface area (Å²) in [5.74, 6) is -18.6. The van der Waals surface area contributed by atoms with Crippen LogP contribution in [0.5, 0.6) is 5.75 Å². The average molecular weight is 1390 g/mol. The van der Waals surface area contributed by atoms with E-state index < -0.39 is 221 Å². The van der Waals surface area contributed by atoms with Crippen molar-refractivity contribution in [2.24, 2.45) is 11.8 Å². The van der Waals surface area contributed by atoms with Crippen LogP contribution in [0, 0.1) is 11.8 Å². The Hall–Kier alpha value is -9.61. The highest BCUT2D eigenvalue weighted by molar-refractivity contribution is 7.46. The molecule has 2 fully saturated rings. The summed E-state index contributed by atoms with van der Waals surface area (Å²) in [6.45, 7) is 4.49. The molecule has 0 spiro atoms. The second-order valence-corrected chi connectivity index (χ2v) is 25.1. The Labute approximate surface area is 554 Å². The molecule has 0 saturated carbocycles. The molecule has 0 radical (unpaired) electrons. The van der Waals surface area contributed by atoms with E-state index in [-0.39, 0.29) is 37.1 Å². The zero-order valence-electron chi connectivity index (χ0n) is 53.3. The predicted octanol–water partition coefficient (Wildman–Crippen LogP) is -3.88. The monoisotopic (exact) mass is 1390 g/mol. The van der Waals surface area contributed by atoms with Crippen molar-refractivity contribution in [3.63, 3.8) is 0 Å². The lowest BCUT2D eigenvalue weighted by atomic mass is 9.98. The minimum absolute atomic E-state index is 0.0967. The van der Waals surface area contributed by atoms with Gasteiger partial charge in [0, 0.05) is 49.3 Å². The number of rotatable bonds is 38. The quantitative estimate of drug-likeness (QED) is 0.0244. The molecule has 0 bridgehead atoms. The lowest BCUT2D eigenvalue weighted by Gasteiger charge is -2.32. The summed E-state index contributed by atoms with van der Waals surface area (Å²) in [4.78, 5) is 210. The first kappa shape index (κ1) is 78.1. The van der Waals surface area contributed by atoms with E-state index >= 15 is 0 Å². The number of para-hydroxylation sites is 1. The fraction of sp³-hybridized carbons (Fsp3) is 0.533. The molecule has 0 unspecified atom stereocenters. The van der Waals surface area contributed by atoms with Crippen molar-refractivity contribution in [1.29, 1.82) is 0 Å². The average Bonchev–Trinajstić information content (AvgIpc) is 1.77. The van der Waals surface area contributed by atoms with Gasteiger partial charge in [-0.2, -0.15) is 0 Å². The van der Waals surface area contributed by atoms with Crippen molar-refractivity contribution in [3.8, 4) is 5.75 Å². The Morgan fingerprint density at radius 3 is 1.64 bits per heavy atom. The second kappa shape index (κ2) is 36.5. The number of carboxylic acids is 4. The van der Waals surface area contributed by atoms with Crippen LogP contribution >= 0.6 is 7.82 Å². The number of carboxylic acid groups (broad SMARTS) is 4. The number of aliphatic hydroxyl groups is 2. The summed E-state index contributed by atoms with van der Waals surface area (Å²) in [6.07, 6.45) is -2.03. The maximum absolute atomic E-state index is 14.7.